The van der Waals surface area contributed by atoms with Crippen LogP contribution in [0.5, 0.6) is 5.75 Å². The monoisotopic (exact) mass is 486 g/mol. The van der Waals surface area contributed by atoms with Crippen LogP contribution in [-0.2, 0) is 5.41 Å². The number of anilines is 2. The lowest BCUT2D eigenvalue weighted by atomic mass is 9.87. The summed E-state index contributed by atoms with van der Waals surface area (Å²) in [5.74, 6) is -0.532. The summed E-state index contributed by atoms with van der Waals surface area (Å²) in [6.45, 7) is 12.2. The number of rotatable bonds is 8. The number of phenolic OH excluding ortho intramolecular Hbond substituents is 1. The fraction of sp³-hybridized carbons (Fsp3) is 0.276. The van der Waals surface area contributed by atoms with Crippen LogP contribution in [0.3, 0.4) is 0 Å². The van der Waals surface area contributed by atoms with Crippen molar-refractivity contribution in [3.63, 3.8) is 0 Å². The van der Waals surface area contributed by atoms with Gasteiger partial charge >= 0.3 is 0 Å². The molecule has 0 radical (unpaired) electrons. The van der Waals surface area contributed by atoms with Gasteiger partial charge in [-0.05, 0) is 73.4 Å². The Labute approximate surface area is 212 Å². The van der Waals surface area contributed by atoms with E-state index < -0.39 is 5.91 Å². The van der Waals surface area contributed by atoms with Crippen LogP contribution < -0.4 is 15.6 Å². The van der Waals surface area contributed by atoms with Gasteiger partial charge < -0.3 is 15.3 Å². The number of hydrogen-bond acceptors (Lipinski definition) is 5. The molecular weight excluding hydrogens is 452 g/mol. The number of hydrazone groups is 1. The molecule has 188 valence electrons. The zero-order chi connectivity index (χ0) is 26.3. The molecule has 0 aliphatic rings. The van der Waals surface area contributed by atoms with Crippen molar-refractivity contribution in [2.24, 2.45) is 5.10 Å². The highest BCUT2D eigenvalue weighted by Gasteiger charge is 2.14. The lowest BCUT2D eigenvalue weighted by molar-refractivity contribution is 0.0954. The predicted octanol–water partition coefficient (Wildman–Crippen LogP) is 5.55. The van der Waals surface area contributed by atoms with Gasteiger partial charge in [0.2, 0.25) is 0 Å². The molecule has 0 aliphatic carbocycles. The fourth-order valence-corrected chi connectivity index (χ4v) is 3.68. The molecule has 3 rings (SSSR count). The van der Waals surface area contributed by atoms with Gasteiger partial charge in [0, 0.05) is 47.2 Å². The summed E-state index contributed by atoms with van der Waals surface area (Å²) < 4.78 is 0. The minimum Gasteiger partial charge on any atom is -0.507 e. The van der Waals surface area contributed by atoms with Crippen LogP contribution in [0.15, 0.2) is 71.8 Å². The lowest BCUT2D eigenvalue weighted by Crippen LogP contribution is -2.21. The zero-order valence-electron chi connectivity index (χ0n) is 21.5. The SMILES string of the molecule is CCN(CC)c1ccc(/C=N/NC(=O)c2ccc(NC(=O)c3ccc(C(C)(C)C)cc3)cc2)c(O)c1. The van der Waals surface area contributed by atoms with Crippen LogP contribution in [0.4, 0.5) is 11.4 Å². The largest absolute Gasteiger partial charge is 0.507 e. The Kier molecular flexibility index (Phi) is 8.48. The minimum absolute atomic E-state index is 0.0196. The Balaban J connectivity index is 1.57. The summed E-state index contributed by atoms with van der Waals surface area (Å²) in [5, 5.41) is 17.1. The molecule has 0 aromatic heterocycles. The Bertz CT molecular complexity index is 1220. The second kappa shape index (κ2) is 11.5. The standard InChI is InChI=1S/C29H34N4O3/c1-6-33(7-2)25-17-12-22(26(34)18-25)19-30-32-28(36)21-10-15-24(16-11-21)31-27(35)20-8-13-23(14-9-20)29(3,4)5/h8-19,34H,6-7H2,1-5H3,(H,31,35)(H,32,36)/b30-19+. The average molecular weight is 487 g/mol. The summed E-state index contributed by atoms with van der Waals surface area (Å²) in [5.41, 5.74) is 6.59. The van der Waals surface area contributed by atoms with E-state index in [0.717, 1.165) is 24.3 Å². The molecule has 7 heteroatoms. The third kappa shape index (κ3) is 6.72. The number of nitrogens with one attached hydrogen (secondary N) is 2. The topological polar surface area (TPSA) is 94.0 Å². The summed E-state index contributed by atoms with van der Waals surface area (Å²) >= 11 is 0. The predicted molar refractivity (Wildman–Crippen MR) is 146 cm³/mol. The van der Waals surface area contributed by atoms with Crippen molar-refractivity contribution in [2.45, 2.75) is 40.0 Å². The molecule has 3 aromatic carbocycles. The van der Waals surface area contributed by atoms with Crippen molar-refractivity contribution < 1.29 is 14.7 Å². The number of carbonyl (C=O) groups excluding carboxylic acids is 2. The molecule has 0 fully saturated rings. The summed E-state index contributed by atoms with van der Waals surface area (Å²) in [6, 6.07) is 19.4. The van der Waals surface area contributed by atoms with Crippen LogP contribution in [0.1, 0.15) is 66.5 Å². The second-order valence-electron chi connectivity index (χ2n) is 9.47. The number of phenols is 1. The van der Waals surface area contributed by atoms with Crippen molar-refractivity contribution in [1.82, 2.24) is 5.43 Å². The van der Waals surface area contributed by atoms with Gasteiger partial charge in [-0.25, -0.2) is 5.43 Å². The number of benzene rings is 3. The third-order valence-electron chi connectivity index (χ3n) is 5.93. The molecule has 7 nitrogen and oxygen atoms in total. The Morgan fingerprint density at radius 1 is 0.889 bits per heavy atom. The third-order valence-corrected chi connectivity index (χ3v) is 5.93. The lowest BCUT2D eigenvalue weighted by Gasteiger charge is -2.21. The molecule has 0 aliphatic heterocycles. The fourth-order valence-electron chi connectivity index (χ4n) is 3.68. The quantitative estimate of drug-likeness (QED) is 0.287. The Morgan fingerprint density at radius 3 is 2.03 bits per heavy atom. The molecule has 2 amide bonds. The minimum atomic E-state index is -0.402. The van der Waals surface area contributed by atoms with Crippen LogP contribution >= 0.6 is 0 Å². The summed E-state index contributed by atoms with van der Waals surface area (Å²) in [6.07, 6.45) is 1.40. The van der Waals surface area contributed by atoms with Gasteiger partial charge in [-0.2, -0.15) is 5.10 Å². The summed E-state index contributed by atoms with van der Waals surface area (Å²) in [7, 11) is 0. The van der Waals surface area contributed by atoms with Gasteiger partial charge in [0.15, 0.2) is 0 Å². The molecule has 3 aromatic rings. The van der Waals surface area contributed by atoms with Gasteiger partial charge in [-0.15, -0.1) is 0 Å². The van der Waals surface area contributed by atoms with Crippen molar-refractivity contribution >= 4 is 29.4 Å². The van der Waals surface area contributed by atoms with E-state index in [9.17, 15) is 14.7 Å². The van der Waals surface area contributed by atoms with Crippen LogP contribution in [-0.4, -0.2) is 36.2 Å². The maximum Gasteiger partial charge on any atom is 0.271 e. The number of aromatic hydroxyl groups is 1. The highest BCUT2D eigenvalue weighted by atomic mass is 16.3. The average Bonchev–Trinajstić information content (AvgIpc) is 2.86. The van der Waals surface area contributed by atoms with Crippen molar-refractivity contribution in [3.05, 3.63) is 89.0 Å². The molecule has 0 unspecified atom stereocenters. The molecule has 0 saturated carbocycles. The molecule has 0 spiro atoms. The van der Waals surface area contributed by atoms with E-state index in [-0.39, 0.29) is 17.1 Å². The summed E-state index contributed by atoms with van der Waals surface area (Å²) in [4.78, 5) is 27.1. The highest BCUT2D eigenvalue weighted by Crippen LogP contribution is 2.24. The molecule has 0 atom stereocenters. The van der Waals surface area contributed by atoms with Gasteiger partial charge in [0.1, 0.15) is 5.75 Å². The molecule has 3 N–H and O–H groups in total. The van der Waals surface area contributed by atoms with Crippen molar-refractivity contribution in [1.29, 1.82) is 0 Å². The number of amides is 2. The first-order valence-corrected chi connectivity index (χ1v) is 12.1. The van der Waals surface area contributed by atoms with E-state index in [4.69, 9.17) is 0 Å². The van der Waals surface area contributed by atoms with E-state index in [1.54, 1.807) is 36.4 Å². The van der Waals surface area contributed by atoms with Gasteiger partial charge in [-0.1, -0.05) is 32.9 Å². The molecular formula is C29H34N4O3. The van der Waals surface area contributed by atoms with E-state index in [1.807, 2.05) is 30.3 Å². The van der Waals surface area contributed by atoms with E-state index in [0.29, 0.717) is 22.4 Å². The molecule has 36 heavy (non-hydrogen) atoms. The Hall–Kier alpha value is -4.13. The maximum absolute atomic E-state index is 12.6. The van der Waals surface area contributed by atoms with Crippen molar-refractivity contribution in [3.8, 4) is 5.75 Å². The van der Waals surface area contributed by atoms with Gasteiger partial charge in [0.05, 0.1) is 6.21 Å². The molecule has 0 bridgehead atoms. The first-order chi connectivity index (χ1) is 17.1. The van der Waals surface area contributed by atoms with E-state index >= 15 is 0 Å². The first-order valence-electron chi connectivity index (χ1n) is 12.1. The van der Waals surface area contributed by atoms with E-state index in [2.05, 4.69) is 55.4 Å². The van der Waals surface area contributed by atoms with Gasteiger partial charge in [0.25, 0.3) is 11.8 Å². The number of nitrogens with zero attached hydrogens (tertiary/aromatic N) is 2. The number of carbonyl (C=O) groups is 2. The van der Waals surface area contributed by atoms with Crippen LogP contribution in [0.25, 0.3) is 0 Å². The zero-order valence-corrected chi connectivity index (χ0v) is 21.5. The Morgan fingerprint density at radius 2 is 1.47 bits per heavy atom. The van der Waals surface area contributed by atoms with E-state index in [1.165, 1.54) is 6.21 Å². The molecule has 0 saturated heterocycles. The highest BCUT2D eigenvalue weighted by molar-refractivity contribution is 6.04. The normalized spacial score (nSPS) is 11.4. The number of hydrogen-bond donors (Lipinski definition) is 3. The maximum atomic E-state index is 12.6. The first kappa shape index (κ1) is 26.5. The molecule has 0 heterocycles. The van der Waals surface area contributed by atoms with Crippen LogP contribution in [0.2, 0.25) is 0 Å². The van der Waals surface area contributed by atoms with Gasteiger partial charge in [-0.3, -0.25) is 9.59 Å². The smallest absolute Gasteiger partial charge is 0.271 e. The van der Waals surface area contributed by atoms with Crippen molar-refractivity contribution in [2.75, 3.05) is 23.3 Å². The van der Waals surface area contributed by atoms with Crippen LogP contribution in [0, 0.1) is 0 Å². The second-order valence-corrected chi connectivity index (χ2v) is 9.47.